The summed E-state index contributed by atoms with van der Waals surface area (Å²) >= 11 is 12.7. The third-order valence-electron chi connectivity index (χ3n) is 3.61. The summed E-state index contributed by atoms with van der Waals surface area (Å²) in [6.45, 7) is 0. The summed E-state index contributed by atoms with van der Waals surface area (Å²) in [7, 11) is 0. The van der Waals surface area contributed by atoms with Crippen LogP contribution < -0.4 is 0 Å². The molecule has 2 nitrogen and oxygen atoms in total. The number of aliphatic hydroxyl groups is 1. The van der Waals surface area contributed by atoms with Gasteiger partial charge in [-0.05, 0) is 11.1 Å². The maximum atomic E-state index is 10.0. The Kier molecular flexibility index (Phi) is 3.74. The van der Waals surface area contributed by atoms with Crippen molar-refractivity contribution >= 4 is 23.2 Å². The monoisotopic (exact) mass is 308 g/mol. The molecule has 20 heavy (non-hydrogen) atoms. The van der Waals surface area contributed by atoms with E-state index < -0.39 is 10.6 Å². The lowest BCUT2D eigenvalue weighted by molar-refractivity contribution is -0.0949. The van der Waals surface area contributed by atoms with Crippen LogP contribution in [0.4, 0.5) is 0 Å². The van der Waals surface area contributed by atoms with Gasteiger partial charge in [-0.15, -0.1) is 0 Å². The molecule has 1 saturated heterocycles. The van der Waals surface area contributed by atoms with Crippen LogP contribution in [0.1, 0.15) is 23.1 Å². The summed E-state index contributed by atoms with van der Waals surface area (Å²) in [6.07, 6.45) is -1.59. The molecule has 3 rings (SSSR count). The third-order valence-corrected chi connectivity index (χ3v) is 4.45. The van der Waals surface area contributed by atoms with Gasteiger partial charge >= 0.3 is 0 Å². The second-order valence-corrected chi connectivity index (χ2v) is 6.33. The number of benzene rings is 2. The Bertz CT molecular complexity index is 572. The zero-order valence-corrected chi connectivity index (χ0v) is 12.1. The normalized spacial score (nSPS) is 28.4. The predicted molar refractivity (Wildman–Crippen MR) is 79.9 cm³/mol. The maximum Gasteiger partial charge on any atom is 0.189 e. The molecule has 1 fully saturated rings. The van der Waals surface area contributed by atoms with Crippen molar-refractivity contribution in [2.24, 2.45) is 0 Å². The van der Waals surface area contributed by atoms with Crippen molar-refractivity contribution in [3.05, 3.63) is 71.8 Å². The maximum absolute atomic E-state index is 10.0. The van der Waals surface area contributed by atoms with Crippen LogP contribution in [-0.2, 0) is 4.74 Å². The fourth-order valence-corrected chi connectivity index (χ4v) is 3.22. The summed E-state index contributed by atoms with van der Waals surface area (Å²) < 4.78 is 4.25. The Morgan fingerprint density at radius 3 is 1.90 bits per heavy atom. The first kappa shape index (κ1) is 13.9. The number of rotatable bonds is 2. The van der Waals surface area contributed by atoms with Crippen LogP contribution in [0.3, 0.4) is 0 Å². The minimum atomic E-state index is -1.37. The molecule has 2 aromatic rings. The van der Waals surface area contributed by atoms with E-state index in [2.05, 4.69) is 0 Å². The van der Waals surface area contributed by atoms with E-state index in [-0.39, 0.29) is 12.0 Å². The first-order valence-corrected chi connectivity index (χ1v) is 7.17. The molecule has 0 saturated carbocycles. The van der Waals surface area contributed by atoms with Crippen LogP contribution in [0.25, 0.3) is 0 Å². The number of ether oxygens (including phenoxy) is 1. The standard InChI is InChI=1S/C16H14Cl2O2/c17-16(18)13(11-7-3-1-4-8-11)14(20-15(16)19)12-9-5-2-6-10-12/h1-10,13-15,19H/t13-,14+,15-/m0/s1. The minimum absolute atomic E-state index is 0.329. The number of hydrogen-bond acceptors (Lipinski definition) is 2. The van der Waals surface area contributed by atoms with Crippen molar-refractivity contribution in [2.45, 2.75) is 22.6 Å². The summed E-state index contributed by atoms with van der Waals surface area (Å²) in [5.41, 5.74) is 1.89. The second kappa shape index (κ2) is 5.38. The highest BCUT2D eigenvalue weighted by Gasteiger charge is 2.55. The molecule has 4 heteroatoms. The topological polar surface area (TPSA) is 29.5 Å². The zero-order valence-electron chi connectivity index (χ0n) is 10.6. The second-order valence-electron chi connectivity index (χ2n) is 4.88. The fraction of sp³-hybridized carbons (Fsp3) is 0.250. The van der Waals surface area contributed by atoms with Crippen LogP contribution in [0.5, 0.6) is 0 Å². The number of alkyl halides is 2. The largest absolute Gasteiger partial charge is 0.365 e. The molecule has 3 atom stereocenters. The van der Waals surface area contributed by atoms with Gasteiger partial charge in [0.15, 0.2) is 10.6 Å². The SMILES string of the molecule is O[C@H]1O[C@H](c2ccccc2)[C@H](c2ccccc2)C1(Cl)Cl. The van der Waals surface area contributed by atoms with Gasteiger partial charge in [-0.2, -0.15) is 0 Å². The van der Waals surface area contributed by atoms with Crippen molar-refractivity contribution in [3.8, 4) is 0 Å². The average molecular weight is 309 g/mol. The van der Waals surface area contributed by atoms with Gasteiger partial charge in [0, 0.05) is 0 Å². The summed E-state index contributed by atoms with van der Waals surface area (Å²) in [5, 5.41) is 10.0. The van der Waals surface area contributed by atoms with Gasteiger partial charge in [-0.3, -0.25) is 0 Å². The summed E-state index contributed by atoms with van der Waals surface area (Å²) in [4.78, 5) is 0. The van der Waals surface area contributed by atoms with Crippen LogP contribution in [0.2, 0.25) is 0 Å². The lowest BCUT2D eigenvalue weighted by atomic mass is 9.88. The molecule has 1 aliphatic rings. The van der Waals surface area contributed by atoms with E-state index >= 15 is 0 Å². The van der Waals surface area contributed by atoms with Gasteiger partial charge in [-0.25, -0.2) is 0 Å². The molecule has 0 spiro atoms. The Morgan fingerprint density at radius 1 is 0.850 bits per heavy atom. The lowest BCUT2D eigenvalue weighted by Crippen LogP contribution is -2.30. The van der Waals surface area contributed by atoms with Crippen LogP contribution >= 0.6 is 23.2 Å². The molecule has 0 aromatic heterocycles. The van der Waals surface area contributed by atoms with E-state index in [0.717, 1.165) is 11.1 Å². The number of aliphatic hydroxyl groups excluding tert-OH is 1. The quantitative estimate of drug-likeness (QED) is 0.849. The highest BCUT2D eigenvalue weighted by molar-refractivity contribution is 6.49. The Labute approximate surface area is 127 Å². The molecular weight excluding hydrogens is 295 g/mol. The highest BCUT2D eigenvalue weighted by Crippen LogP contribution is 2.55. The predicted octanol–water partition coefficient (Wildman–Crippen LogP) is 4.03. The first-order chi connectivity index (χ1) is 9.60. The molecule has 1 heterocycles. The molecule has 1 N–H and O–H groups in total. The minimum Gasteiger partial charge on any atom is -0.365 e. The Morgan fingerprint density at radius 2 is 1.35 bits per heavy atom. The molecule has 2 aromatic carbocycles. The number of hydrogen-bond donors (Lipinski definition) is 1. The van der Waals surface area contributed by atoms with Gasteiger partial charge in [0.05, 0.1) is 12.0 Å². The van der Waals surface area contributed by atoms with Crippen molar-refractivity contribution < 1.29 is 9.84 Å². The van der Waals surface area contributed by atoms with E-state index in [0.29, 0.717) is 0 Å². The molecule has 104 valence electrons. The van der Waals surface area contributed by atoms with Crippen molar-refractivity contribution in [3.63, 3.8) is 0 Å². The summed E-state index contributed by atoms with van der Waals surface area (Å²) in [6, 6.07) is 19.3. The van der Waals surface area contributed by atoms with Gasteiger partial charge < -0.3 is 9.84 Å². The van der Waals surface area contributed by atoms with Crippen molar-refractivity contribution in [1.82, 2.24) is 0 Å². The van der Waals surface area contributed by atoms with E-state index in [1.807, 2.05) is 60.7 Å². The van der Waals surface area contributed by atoms with Gasteiger partial charge in [0.1, 0.15) is 0 Å². The third kappa shape index (κ3) is 2.33. The van der Waals surface area contributed by atoms with E-state index in [1.165, 1.54) is 0 Å². The molecule has 0 aliphatic carbocycles. The smallest absolute Gasteiger partial charge is 0.189 e. The van der Waals surface area contributed by atoms with Gasteiger partial charge in [0.2, 0.25) is 0 Å². The molecular formula is C16H14Cl2O2. The molecule has 0 unspecified atom stereocenters. The lowest BCUT2D eigenvalue weighted by Gasteiger charge is -2.25. The van der Waals surface area contributed by atoms with Crippen LogP contribution in [0, 0.1) is 0 Å². The molecule has 0 amide bonds. The van der Waals surface area contributed by atoms with Crippen molar-refractivity contribution in [2.75, 3.05) is 0 Å². The average Bonchev–Trinajstić information content (AvgIpc) is 2.71. The fourth-order valence-electron chi connectivity index (χ4n) is 2.63. The van der Waals surface area contributed by atoms with E-state index in [1.54, 1.807) is 0 Å². The van der Waals surface area contributed by atoms with Gasteiger partial charge in [-0.1, -0.05) is 83.9 Å². The molecule has 1 aliphatic heterocycles. The number of halogens is 2. The first-order valence-electron chi connectivity index (χ1n) is 6.42. The van der Waals surface area contributed by atoms with Gasteiger partial charge in [0.25, 0.3) is 0 Å². The Balaban J connectivity index is 2.06. The van der Waals surface area contributed by atoms with E-state index in [9.17, 15) is 5.11 Å². The molecule has 0 bridgehead atoms. The Hall–Kier alpha value is -1.06. The zero-order chi connectivity index (χ0) is 14.2. The van der Waals surface area contributed by atoms with E-state index in [4.69, 9.17) is 27.9 Å². The van der Waals surface area contributed by atoms with Crippen LogP contribution in [-0.4, -0.2) is 15.7 Å². The molecule has 0 radical (unpaired) electrons. The summed E-state index contributed by atoms with van der Waals surface area (Å²) in [5.74, 6) is -0.329. The van der Waals surface area contributed by atoms with Crippen LogP contribution in [0.15, 0.2) is 60.7 Å². The van der Waals surface area contributed by atoms with Crippen molar-refractivity contribution in [1.29, 1.82) is 0 Å². The highest BCUT2D eigenvalue weighted by atomic mass is 35.5.